The Hall–Kier alpha value is -0.0800. The van der Waals surface area contributed by atoms with Gasteiger partial charge in [0.1, 0.15) is 0 Å². The van der Waals surface area contributed by atoms with Crippen LogP contribution in [0.4, 0.5) is 0 Å². The van der Waals surface area contributed by atoms with E-state index < -0.39 is 0 Å². The van der Waals surface area contributed by atoms with Crippen LogP contribution < -0.4 is 0 Å². The van der Waals surface area contributed by atoms with Crippen LogP contribution in [-0.4, -0.2) is 23.9 Å². The minimum atomic E-state index is -0.134. The maximum atomic E-state index is 9.59. The molecule has 1 N–H and O–H groups in total. The number of hydrogen-bond donors (Lipinski definition) is 1. The molecule has 2 nitrogen and oxygen atoms in total. The average molecular weight is 158 g/mol. The van der Waals surface area contributed by atoms with Crippen molar-refractivity contribution < 1.29 is 9.84 Å². The summed E-state index contributed by atoms with van der Waals surface area (Å²) in [6.07, 6.45) is 3.23. The highest BCUT2D eigenvalue weighted by molar-refractivity contribution is 4.76. The summed E-state index contributed by atoms with van der Waals surface area (Å²) in [4.78, 5) is 0. The van der Waals surface area contributed by atoms with Crippen molar-refractivity contribution in [3.63, 3.8) is 0 Å². The van der Waals surface area contributed by atoms with Gasteiger partial charge in [0.05, 0.1) is 18.8 Å². The molecule has 1 rings (SSSR count). The SMILES string of the molecule is CCCC(O)C1COC(C)C1. The number of rotatable bonds is 3. The van der Waals surface area contributed by atoms with Gasteiger partial charge in [0, 0.05) is 5.92 Å². The predicted molar refractivity (Wildman–Crippen MR) is 44.4 cm³/mol. The lowest BCUT2D eigenvalue weighted by Crippen LogP contribution is -2.20. The monoisotopic (exact) mass is 158 g/mol. The van der Waals surface area contributed by atoms with Crippen molar-refractivity contribution >= 4 is 0 Å². The highest BCUT2D eigenvalue weighted by atomic mass is 16.5. The molecule has 0 saturated carbocycles. The Bertz CT molecular complexity index is 114. The number of aliphatic hydroxyl groups excluding tert-OH is 1. The fourth-order valence-corrected chi connectivity index (χ4v) is 1.65. The summed E-state index contributed by atoms with van der Waals surface area (Å²) in [6, 6.07) is 0. The lowest BCUT2D eigenvalue weighted by Gasteiger charge is -2.14. The summed E-state index contributed by atoms with van der Waals surface area (Å²) in [6.45, 7) is 4.92. The molecule has 1 fully saturated rings. The first-order chi connectivity index (χ1) is 5.24. The van der Waals surface area contributed by atoms with Gasteiger partial charge in [0.25, 0.3) is 0 Å². The molecule has 11 heavy (non-hydrogen) atoms. The van der Waals surface area contributed by atoms with Crippen LogP contribution in [0.5, 0.6) is 0 Å². The molecule has 0 bridgehead atoms. The van der Waals surface area contributed by atoms with Gasteiger partial charge in [-0.25, -0.2) is 0 Å². The van der Waals surface area contributed by atoms with Crippen LogP contribution in [0.25, 0.3) is 0 Å². The van der Waals surface area contributed by atoms with Crippen molar-refractivity contribution in [1.29, 1.82) is 0 Å². The Kier molecular flexibility index (Phi) is 3.34. The quantitative estimate of drug-likeness (QED) is 0.675. The zero-order valence-corrected chi connectivity index (χ0v) is 7.42. The largest absolute Gasteiger partial charge is 0.393 e. The average Bonchev–Trinajstić information content (AvgIpc) is 2.36. The number of aliphatic hydroxyl groups is 1. The molecule has 1 saturated heterocycles. The van der Waals surface area contributed by atoms with E-state index in [-0.39, 0.29) is 6.10 Å². The summed E-state index contributed by atoms with van der Waals surface area (Å²) in [7, 11) is 0. The molecule has 0 aromatic heterocycles. The Morgan fingerprint density at radius 1 is 1.64 bits per heavy atom. The van der Waals surface area contributed by atoms with Crippen molar-refractivity contribution in [2.24, 2.45) is 5.92 Å². The fourth-order valence-electron chi connectivity index (χ4n) is 1.65. The Balaban J connectivity index is 2.25. The van der Waals surface area contributed by atoms with Gasteiger partial charge >= 0.3 is 0 Å². The fraction of sp³-hybridized carbons (Fsp3) is 1.00. The van der Waals surface area contributed by atoms with E-state index in [4.69, 9.17) is 4.74 Å². The van der Waals surface area contributed by atoms with E-state index in [2.05, 4.69) is 13.8 Å². The van der Waals surface area contributed by atoms with E-state index in [0.717, 1.165) is 25.9 Å². The molecule has 66 valence electrons. The molecule has 3 unspecified atom stereocenters. The van der Waals surface area contributed by atoms with E-state index in [0.29, 0.717) is 12.0 Å². The first-order valence-corrected chi connectivity index (χ1v) is 4.53. The van der Waals surface area contributed by atoms with Crippen molar-refractivity contribution in [1.82, 2.24) is 0 Å². The lowest BCUT2D eigenvalue weighted by atomic mass is 9.96. The van der Waals surface area contributed by atoms with E-state index >= 15 is 0 Å². The topological polar surface area (TPSA) is 29.5 Å². The van der Waals surface area contributed by atoms with Crippen LogP contribution in [0.1, 0.15) is 33.1 Å². The maximum absolute atomic E-state index is 9.59. The van der Waals surface area contributed by atoms with Gasteiger partial charge < -0.3 is 9.84 Å². The van der Waals surface area contributed by atoms with Crippen LogP contribution in [0, 0.1) is 5.92 Å². The molecule has 2 heteroatoms. The molecule has 1 aliphatic heterocycles. The van der Waals surface area contributed by atoms with E-state index in [9.17, 15) is 5.11 Å². The standard InChI is InChI=1S/C9H18O2/c1-3-4-9(10)8-5-7(2)11-6-8/h7-10H,3-6H2,1-2H3. The van der Waals surface area contributed by atoms with E-state index in [1.54, 1.807) is 0 Å². The van der Waals surface area contributed by atoms with Gasteiger partial charge in [0.15, 0.2) is 0 Å². The normalized spacial score (nSPS) is 34.1. The second kappa shape index (κ2) is 4.07. The van der Waals surface area contributed by atoms with Gasteiger partial charge in [-0.1, -0.05) is 13.3 Å². The van der Waals surface area contributed by atoms with E-state index in [1.165, 1.54) is 0 Å². The molecule has 0 aliphatic carbocycles. The van der Waals surface area contributed by atoms with Crippen LogP contribution in [-0.2, 0) is 4.74 Å². The summed E-state index contributed by atoms with van der Waals surface area (Å²) < 4.78 is 5.37. The first kappa shape index (κ1) is 9.01. The molecular weight excluding hydrogens is 140 g/mol. The van der Waals surface area contributed by atoms with Crippen LogP contribution in [0.2, 0.25) is 0 Å². The Morgan fingerprint density at radius 2 is 2.36 bits per heavy atom. The van der Waals surface area contributed by atoms with Crippen molar-refractivity contribution in [3.8, 4) is 0 Å². The third-order valence-electron chi connectivity index (χ3n) is 2.36. The predicted octanol–water partition coefficient (Wildman–Crippen LogP) is 1.57. The van der Waals surface area contributed by atoms with Crippen molar-refractivity contribution in [2.45, 2.75) is 45.3 Å². The van der Waals surface area contributed by atoms with E-state index in [1.807, 2.05) is 0 Å². The number of hydrogen-bond acceptors (Lipinski definition) is 2. The zero-order valence-electron chi connectivity index (χ0n) is 7.42. The highest BCUT2D eigenvalue weighted by Gasteiger charge is 2.27. The van der Waals surface area contributed by atoms with Gasteiger partial charge in [-0.3, -0.25) is 0 Å². The lowest BCUT2D eigenvalue weighted by molar-refractivity contribution is 0.0752. The Labute approximate surface area is 68.6 Å². The van der Waals surface area contributed by atoms with Crippen molar-refractivity contribution in [2.75, 3.05) is 6.61 Å². The molecule has 1 aliphatic rings. The maximum Gasteiger partial charge on any atom is 0.0591 e. The first-order valence-electron chi connectivity index (χ1n) is 4.53. The second-order valence-corrected chi connectivity index (χ2v) is 3.50. The summed E-state index contributed by atoms with van der Waals surface area (Å²) in [5, 5.41) is 9.59. The number of ether oxygens (including phenoxy) is 1. The molecule has 0 amide bonds. The molecule has 3 atom stereocenters. The van der Waals surface area contributed by atoms with Gasteiger partial charge in [-0.15, -0.1) is 0 Å². The smallest absolute Gasteiger partial charge is 0.0591 e. The van der Waals surface area contributed by atoms with Gasteiger partial charge in [-0.2, -0.15) is 0 Å². The molecule has 1 heterocycles. The summed E-state index contributed by atoms with van der Waals surface area (Å²) in [5.74, 6) is 0.393. The third kappa shape index (κ3) is 2.46. The van der Waals surface area contributed by atoms with Crippen LogP contribution >= 0.6 is 0 Å². The molecule has 0 radical (unpaired) electrons. The minimum absolute atomic E-state index is 0.134. The van der Waals surface area contributed by atoms with Crippen LogP contribution in [0.3, 0.4) is 0 Å². The molecule has 0 spiro atoms. The zero-order chi connectivity index (χ0) is 8.27. The van der Waals surface area contributed by atoms with Crippen molar-refractivity contribution in [3.05, 3.63) is 0 Å². The second-order valence-electron chi connectivity index (χ2n) is 3.50. The minimum Gasteiger partial charge on any atom is -0.393 e. The molecule has 0 aromatic carbocycles. The van der Waals surface area contributed by atoms with Gasteiger partial charge in [0.2, 0.25) is 0 Å². The molecule has 0 aromatic rings. The molecular formula is C9H18O2. The van der Waals surface area contributed by atoms with Gasteiger partial charge in [-0.05, 0) is 19.8 Å². The van der Waals surface area contributed by atoms with Crippen LogP contribution in [0.15, 0.2) is 0 Å². The summed E-state index contributed by atoms with van der Waals surface area (Å²) >= 11 is 0. The Morgan fingerprint density at radius 3 is 2.82 bits per heavy atom. The highest BCUT2D eigenvalue weighted by Crippen LogP contribution is 2.24. The third-order valence-corrected chi connectivity index (χ3v) is 2.36. The summed E-state index contributed by atoms with van der Waals surface area (Å²) in [5.41, 5.74) is 0.